The van der Waals surface area contributed by atoms with Gasteiger partial charge in [0.2, 0.25) is 11.8 Å². The molecule has 0 radical (unpaired) electrons. The highest BCUT2D eigenvalue weighted by Gasteiger charge is 2.33. The quantitative estimate of drug-likeness (QED) is 0.687. The molecular formula is C21H32N4O2. The molecule has 0 bridgehead atoms. The normalized spacial score (nSPS) is 21.6. The Morgan fingerprint density at radius 2 is 1.85 bits per heavy atom. The molecule has 0 saturated carbocycles. The highest BCUT2D eigenvalue weighted by molar-refractivity contribution is 5.89. The lowest BCUT2D eigenvalue weighted by molar-refractivity contribution is -0.129. The summed E-state index contributed by atoms with van der Waals surface area (Å²) in [6.07, 6.45) is 2.15. The molecule has 0 spiro atoms. The van der Waals surface area contributed by atoms with Crippen molar-refractivity contribution in [2.24, 2.45) is 5.92 Å². The van der Waals surface area contributed by atoms with E-state index >= 15 is 0 Å². The second-order valence-corrected chi connectivity index (χ2v) is 7.77. The Kier molecular flexibility index (Phi) is 7.24. The van der Waals surface area contributed by atoms with E-state index in [0.29, 0.717) is 26.1 Å². The lowest BCUT2D eigenvalue weighted by atomic mass is 10.1. The van der Waals surface area contributed by atoms with Gasteiger partial charge in [-0.25, -0.2) is 0 Å². The molecule has 2 aliphatic rings. The zero-order valence-electron chi connectivity index (χ0n) is 16.4. The van der Waals surface area contributed by atoms with Gasteiger partial charge in [0.15, 0.2) is 0 Å². The number of likely N-dealkylation sites (tertiary alicyclic amines) is 1. The van der Waals surface area contributed by atoms with Gasteiger partial charge in [0.25, 0.3) is 0 Å². The summed E-state index contributed by atoms with van der Waals surface area (Å²) >= 11 is 0. The average molecular weight is 373 g/mol. The number of benzene rings is 1. The van der Waals surface area contributed by atoms with E-state index < -0.39 is 0 Å². The van der Waals surface area contributed by atoms with Crippen molar-refractivity contribution in [3.8, 4) is 0 Å². The van der Waals surface area contributed by atoms with E-state index in [1.807, 2.05) is 23.1 Å². The summed E-state index contributed by atoms with van der Waals surface area (Å²) < 4.78 is 0. The maximum absolute atomic E-state index is 12.4. The van der Waals surface area contributed by atoms with E-state index in [2.05, 4.69) is 34.3 Å². The zero-order chi connectivity index (χ0) is 19.1. The van der Waals surface area contributed by atoms with Crippen molar-refractivity contribution in [3.05, 3.63) is 35.9 Å². The van der Waals surface area contributed by atoms with Crippen LogP contribution in [-0.4, -0.2) is 85.9 Å². The van der Waals surface area contributed by atoms with Crippen molar-refractivity contribution >= 4 is 11.8 Å². The van der Waals surface area contributed by atoms with Gasteiger partial charge in [-0.1, -0.05) is 30.3 Å². The predicted octanol–water partition coefficient (Wildman–Crippen LogP) is 0.831. The number of rotatable bonds is 8. The minimum atomic E-state index is -0.197. The molecule has 148 valence electrons. The van der Waals surface area contributed by atoms with Crippen molar-refractivity contribution in [1.82, 2.24) is 20.0 Å². The molecule has 0 aromatic heterocycles. The third kappa shape index (κ3) is 6.04. The molecule has 6 nitrogen and oxygen atoms in total. The van der Waals surface area contributed by atoms with Crippen LogP contribution < -0.4 is 5.32 Å². The first kappa shape index (κ1) is 19.8. The zero-order valence-corrected chi connectivity index (χ0v) is 16.4. The third-order valence-corrected chi connectivity index (χ3v) is 5.64. The van der Waals surface area contributed by atoms with Crippen LogP contribution in [0.2, 0.25) is 0 Å². The molecule has 0 aliphatic carbocycles. The van der Waals surface area contributed by atoms with Crippen LogP contribution >= 0.6 is 0 Å². The van der Waals surface area contributed by atoms with Crippen molar-refractivity contribution in [1.29, 1.82) is 0 Å². The number of likely N-dealkylation sites (N-methyl/N-ethyl adjacent to an activating group) is 1. The van der Waals surface area contributed by atoms with Gasteiger partial charge in [-0.05, 0) is 32.0 Å². The van der Waals surface area contributed by atoms with Crippen LogP contribution in [-0.2, 0) is 16.0 Å². The van der Waals surface area contributed by atoms with Crippen LogP contribution in [0.25, 0.3) is 0 Å². The monoisotopic (exact) mass is 372 g/mol. The van der Waals surface area contributed by atoms with Gasteiger partial charge in [-0.3, -0.25) is 9.59 Å². The number of hydrogen-bond acceptors (Lipinski definition) is 4. The molecular weight excluding hydrogens is 340 g/mol. The van der Waals surface area contributed by atoms with Crippen molar-refractivity contribution in [3.63, 3.8) is 0 Å². The molecule has 6 heteroatoms. The lowest BCUT2D eigenvalue weighted by Crippen LogP contribution is -2.45. The van der Waals surface area contributed by atoms with Crippen LogP contribution in [0.1, 0.15) is 18.4 Å². The lowest BCUT2D eigenvalue weighted by Gasteiger charge is -2.32. The average Bonchev–Trinajstić information content (AvgIpc) is 3.06. The molecule has 2 saturated heterocycles. The van der Waals surface area contributed by atoms with Gasteiger partial charge in [-0.2, -0.15) is 0 Å². The Balaban J connectivity index is 1.32. The Labute approximate surface area is 162 Å². The summed E-state index contributed by atoms with van der Waals surface area (Å²) in [5.74, 6) is -0.0654. The summed E-state index contributed by atoms with van der Waals surface area (Å²) in [6, 6.07) is 10.2. The van der Waals surface area contributed by atoms with Gasteiger partial charge in [-0.15, -0.1) is 0 Å². The fourth-order valence-electron chi connectivity index (χ4n) is 3.80. The van der Waals surface area contributed by atoms with E-state index in [0.717, 1.165) is 45.6 Å². The molecule has 2 aliphatic heterocycles. The minimum absolute atomic E-state index is 0.0314. The van der Waals surface area contributed by atoms with Gasteiger partial charge in [0, 0.05) is 52.2 Å². The third-order valence-electron chi connectivity index (χ3n) is 5.64. The molecule has 1 unspecified atom stereocenters. The first-order valence-electron chi connectivity index (χ1n) is 10.1. The Bertz CT molecular complexity index is 614. The number of nitrogens with one attached hydrogen (secondary N) is 1. The van der Waals surface area contributed by atoms with Crippen LogP contribution in [0.5, 0.6) is 0 Å². The molecule has 1 aromatic carbocycles. The molecule has 1 atom stereocenters. The smallest absolute Gasteiger partial charge is 0.225 e. The van der Waals surface area contributed by atoms with E-state index in [9.17, 15) is 9.59 Å². The number of amides is 2. The largest absolute Gasteiger partial charge is 0.356 e. The first-order chi connectivity index (χ1) is 13.1. The van der Waals surface area contributed by atoms with Crippen LogP contribution in [0.15, 0.2) is 30.3 Å². The van der Waals surface area contributed by atoms with E-state index in [4.69, 9.17) is 0 Å². The maximum Gasteiger partial charge on any atom is 0.225 e. The second-order valence-electron chi connectivity index (χ2n) is 7.77. The van der Waals surface area contributed by atoms with Gasteiger partial charge in [0.1, 0.15) is 0 Å². The number of carbonyl (C=O) groups excluding carboxylic acids is 2. The molecule has 3 rings (SSSR count). The maximum atomic E-state index is 12.4. The van der Waals surface area contributed by atoms with E-state index in [1.165, 1.54) is 5.56 Å². The SMILES string of the molecule is CN1CCN(CCCNC(=O)C2CC(=O)N(CCc3ccccc3)C2)CC1. The van der Waals surface area contributed by atoms with E-state index in [1.54, 1.807) is 0 Å². The van der Waals surface area contributed by atoms with Gasteiger partial charge >= 0.3 is 0 Å². The Hall–Kier alpha value is -1.92. The summed E-state index contributed by atoms with van der Waals surface area (Å²) in [5.41, 5.74) is 1.22. The second kappa shape index (κ2) is 9.85. The summed E-state index contributed by atoms with van der Waals surface area (Å²) in [5, 5.41) is 3.03. The first-order valence-corrected chi connectivity index (χ1v) is 10.1. The Morgan fingerprint density at radius 1 is 1.11 bits per heavy atom. The summed E-state index contributed by atoms with van der Waals surface area (Å²) in [4.78, 5) is 31.2. The number of carbonyl (C=O) groups is 2. The van der Waals surface area contributed by atoms with Crippen LogP contribution in [0.4, 0.5) is 0 Å². The molecule has 2 amide bonds. The molecule has 1 aromatic rings. The standard InChI is InChI=1S/C21H32N4O2/c1-23-12-14-24(15-13-23)10-5-9-22-21(27)19-16-20(26)25(17-19)11-8-18-6-3-2-4-7-18/h2-4,6-7,19H,5,8-17H2,1H3,(H,22,27). The van der Waals surface area contributed by atoms with Crippen LogP contribution in [0, 0.1) is 5.92 Å². The summed E-state index contributed by atoms with van der Waals surface area (Å²) in [7, 11) is 2.16. The molecule has 1 N–H and O–H groups in total. The van der Waals surface area contributed by atoms with Crippen LogP contribution in [0.3, 0.4) is 0 Å². The van der Waals surface area contributed by atoms with Gasteiger partial charge in [0.05, 0.1) is 5.92 Å². The summed E-state index contributed by atoms with van der Waals surface area (Å²) in [6.45, 7) is 7.42. The fourth-order valence-corrected chi connectivity index (χ4v) is 3.80. The molecule has 27 heavy (non-hydrogen) atoms. The number of piperazine rings is 1. The van der Waals surface area contributed by atoms with E-state index in [-0.39, 0.29) is 17.7 Å². The highest BCUT2D eigenvalue weighted by Crippen LogP contribution is 2.18. The van der Waals surface area contributed by atoms with Crippen molar-refractivity contribution in [2.75, 3.05) is 59.4 Å². The Morgan fingerprint density at radius 3 is 2.59 bits per heavy atom. The number of hydrogen-bond donors (Lipinski definition) is 1. The molecule has 2 fully saturated rings. The van der Waals surface area contributed by atoms with Gasteiger partial charge < -0.3 is 20.0 Å². The van der Waals surface area contributed by atoms with Crippen molar-refractivity contribution in [2.45, 2.75) is 19.3 Å². The van der Waals surface area contributed by atoms with Crippen molar-refractivity contribution < 1.29 is 9.59 Å². The minimum Gasteiger partial charge on any atom is -0.356 e. The highest BCUT2D eigenvalue weighted by atomic mass is 16.2. The fraction of sp³-hybridized carbons (Fsp3) is 0.619. The predicted molar refractivity (Wildman–Crippen MR) is 106 cm³/mol. The topological polar surface area (TPSA) is 55.9 Å². The molecule has 2 heterocycles. The number of nitrogens with zero attached hydrogens (tertiary/aromatic N) is 3.